The summed E-state index contributed by atoms with van der Waals surface area (Å²) < 4.78 is 3.14. The van der Waals surface area contributed by atoms with Gasteiger partial charge in [0.05, 0.1) is 15.2 Å². The molecule has 2 aromatic rings. The van der Waals surface area contributed by atoms with Crippen LogP contribution in [0.1, 0.15) is 31.1 Å². The van der Waals surface area contributed by atoms with Crippen molar-refractivity contribution in [3.8, 4) is 0 Å². The van der Waals surface area contributed by atoms with Gasteiger partial charge in [0.15, 0.2) is 5.82 Å². The highest BCUT2D eigenvalue weighted by Gasteiger charge is 2.18. The molecule has 4 nitrogen and oxygen atoms in total. The molecule has 2 rings (SSSR count). The minimum absolute atomic E-state index is 0.294. The average Bonchev–Trinajstić information content (AvgIpc) is 2.84. The molecule has 0 spiro atoms. The minimum Gasteiger partial charge on any atom is -0.394 e. The van der Waals surface area contributed by atoms with Gasteiger partial charge in [-0.1, -0.05) is 0 Å². The van der Waals surface area contributed by atoms with Gasteiger partial charge in [-0.2, -0.15) is 5.10 Å². The lowest BCUT2D eigenvalue weighted by molar-refractivity contribution is 0.525. The van der Waals surface area contributed by atoms with Gasteiger partial charge in [0.25, 0.3) is 0 Å². The third kappa shape index (κ3) is 2.95. The molecule has 6 heteroatoms. The Morgan fingerprint density at radius 1 is 1.53 bits per heavy atom. The van der Waals surface area contributed by atoms with Gasteiger partial charge in [0, 0.05) is 19.6 Å². The molecule has 0 aliphatic carbocycles. The first-order chi connectivity index (χ1) is 8.90. The van der Waals surface area contributed by atoms with Gasteiger partial charge in [-0.25, -0.2) is 4.68 Å². The number of nitrogen functional groups attached to an aromatic ring is 1. The summed E-state index contributed by atoms with van der Waals surface area (Å²) >= 11 is 5.19. The monoisotopic (exact) mass is 342 g/mol. The molecular weight excluding hydrogens is 324 g/mol. The topological polar surface area (TPSA) is 47.1 Å². The summed E-state index contributed by atoms with van der Waals surface area (Å²) in [5.74, 6) is 0.995. The SMILES string of the molecule is Cc1nn(C(C)C)c(N(C)Cc2csc(Br)c2)c1N. The molecular formula is C13H19BrN4S. The van der Waals surface area contributed by atoms with Crippen molar-refractivity contribution < 1.29 is 0 Å². The molecule has 0 radical (unpaired) electrons. The van der Waals surface area contributed by atoms with Crippen LogP contribution in [-0.4, -0.2) is 16.8 Å². The van der Waals surface area contributed by atoms with Gasteiger partial charge >= 0.3 is 0 Å². The van der Waals surface area contributed by atoms with Crippen LogP contribution in [0.15, 0.2) is 15.2 Å². The molecule has 0 atom stereocenters. The molecule has 0 aromatic carbocycles. The van der Waals surface area contributed by atoms with Crippen molar-refractivity contribution in [2.24, 2.45) is 0 Å². The van der Waals surface area contributed by atoms with E-state index < -0.39 is 0 Å². The van der Waals surface area contributed by atoms with Crippen LogP contribution in [0, 0.1) is 6.92 Å². The van der Waals surface area contributed by atoms with E-state index in [1.807, 2.05) is 11.6 Å². The first-order valence-corrected chi connectivity index (χ1v) is 7.86. The second-order valence-corrected chi connectivity index (χ2v) is 7.27. The highest BCUT2D eigenvalue weighted by Crippen LogP contribution is 2.30. The van der Waals surface area contributed by atoms with Crippen molar-refractivity contribution in [3.63, 3.8) is 0 Å². The summed E-state index contributed by atoms with van der Waals surface area (Å²) in [6, 6.07) is 2.43. The van der Waals surface area contributed by atoms with E-state index in [9.17, 15) is 0 Å². The fourth-order valence-electron chi connectivity index (χ4n) is 2.07. The van der Waals surface area contributed by atoms with Crippen molar-refractivity contribution in [1.82, 2.24) is 9.78 Å². The predicted molar refractivity (Wildman–Crippen MR) is 85.9 cm³/mol. The second kappa shape index (κ2) is 5.54. The molecule has 104 valence electrons. The summed E-state index contributed by atoms with van der Waals surface area (Å²) in [4.78, 5) is 2.16. The van der Waals surface area contributed by atoms with E-state index in [1.165, 1.54) is 5.56 Å². The van der Waals surface area contributed by atoms with Crippen LogP contribution in [0.25, 0.3) is 0 Å². The summed E-state index contributed by atoms with van der Waals surface area (Å²) in [5, 5.41) is 6.67. The number of thiophene rings is 1. The van der Waals surface area contributed by atoms with E-state index in [0.717, 1.165) is 27.5 Å². The number of halogens is 1. The van der Waals surface area contributed by atoms with Gasteiger partial charge < -0.3 is 10.6 Å². The summed E-state index contributed by atoms with van der Waals surface area (Å²) in [5.41, 5.74) is 9.10. The Labute approximate surface area is 126 Å². The van der Waals surface area contributed by atoms with Gasteiger partial charge in [-0.15, -0.1) is 11.3 Å². The van der Waals surface area contributed by atoms with Crippen molar-refractivity contribution in [2.45, 2.75) is 33.4 Å². The average molecular weight is 343 g/mol. The molecule has 0 saturated carbocycles. The minimum atomic E-state index is 0.294. The molecule has 0 unspecified atom stereocenters. The number of hydrogen-bond acceptors (Lipinski definition) is 4. The number of aromatic nitrogens is 2. The van der Waals surface area contributed by atoms with Crippen LogP contribution < -0.4 is 10.6 Å². The molecule has 0 aliphatic heterocycles. The van der Waals surface area contributed by atoms with Crippen molar-refractivity contribution in [2.75, 3.05) is 17.7 Å². The highest BCUT2D eigenvalue weighted by atomic mass is 79.9. The molecule has 0 bridgehead atoms. The number of nitrogens with two attached hydrogens (primary N) is 1. The summed E-state index contributed by atoms with van der Waals surface area (Å²) in [6.45, 7) is 7.01. The Morgan fingerprint density at radius 2 is 2.21 bits per heavy atom. The van der Waals surface area contributed by atoms with Crippen LogP contribution in [0.5, 0.6) is 0 Å². The van der Waals surface area contributed by atoms with Crippen molar-refractivity contribution >= 4 is 38.8 Å². The summed E-state index contributed by atoms with van der Waals surface area (Å²) in [6.07, 6.45) is 0. The van der Waals surface area contributed by atoms with Crippen LogP contribution in [-0.2, 0) is 6.54 Å². The van der Waals surface area contributed by atoms with Crippen LogP contribution in [0.2, 0.25) is 0 Å². The number of rotatable bonds is 4. The predicted octanol–water partition coefficient (Wildman–Crippen LogP) is 3.82. The van der Waals surface area contributed by atoms with Gasteiger partial charge in [0.2, 0.25) is 0 Å². The smallest absolute Gasteiger partial charge is 0.150 e. The first kappa shape index (κ1) is 14.4. The molecule has 0 aliphatic rings. The lowest BCUT2D eigenvalue weighted by atomic mass is 10.3. The Balaban J connectivity index is 2.30. The second-order valence-electron chi connectivity index (χ2n) is 4.98. The maximum absolute atomic E-state index is 6.17. The Morgan fingerprint density at radius 3 is 2.74 bits per heavy atom. The Kier molecular flexibility index (Phi) is 4.20. The Hall–Kier alpha value is -1.01. The lowest BCUT2D eigenvalue weighted by Crippen LogP contribution is -2.22. The lowest BCUT2D eigenvalue weighted by Gasteiger charge is -2.22. The van der Waals surface area contributed by atoms with Gasteiger partial charge in [-0.05, 0) is 53.7 Å². The zero-order chi connectivity index (χ0) is 14.2. The standard InChI is InChI=1S/C13H19BrN4S/c1-8(2)18-13(12(15)9(3)16-18)17(4)6-10-5-11(14)19-7-10/h5,7-8H,6,15H2,1-4H3. The number of aryl methyl sites for hydroxylation is 1. The quantitative estimate of drug-likeness (QED) is 0.918. The molecule has 0 saturated heterocycles. The molecule has 0 fully saturated rings. The van der Waals surface area contributed by atoms with E-state index in [-0.39, 0.29) is 0 Å². The fraction of sp³-hybridized carbons (Fsp3) is 0.462. The van der Waals surface area contributed by atoms with Crippen LogP contribution in [0.3, 0.4) is 0 Å². The third-order valence-electron chi connectivity index (χ3n) is 3.00. The van der Waals surface area contributed by atoms with E-state index in [2.05, 4.69) is 58.3 Å². The van der Waals surface area contributed by atoms with E-state index >= 15 is 0 Å². The van der Waals surface area contributed by atoms with Gasteiger partial charge in [-0.3, -0.25) is 0 Å². The van der Waals surface area contributed by atoms with E-state index in [0.29, 0.717) is 6.04 Å². The molecule has 2 N–H and O–H groups in total. The molecule has 0 amide bonds. The van der Waals surface area contributed by atoms with E-state index in [4.69, 9.17) is 5.73 Å². The number of nitrogens with zero attached hydrogens (tertiary/aromatic N) is 3. The fourth-order valence-corrected chi connectivity index (χ4v) is 3.27. The zero-order valence-corrected chi connectivity index (χ0v) is 14.0. The first-order valence-electron chi connectivity index (χ1n) is 6.18. The normalized spacial score (nSPS) is 11.3. The maximum atomic E-state index is 6.17. The molecule has 2 heterocycles. The zero-order valence-electron chi connectivity index (χ0n) is 11.6. The summed E-state index contributed by atoms with van der Waals surface area (Å²) in [7, 11) is 2.05. The van der Waals surface area contributed by atoms with E-state index in [1.54, 1.807) is 11.3 Å². The number of anilines is 2. The van der Waals surface area contributed by atoms with Crippen LogP contribution >= 0.6 is 27.3 Å². The Bertz CT molecular complexity index is 573. The van der Waals surface area contributed by atoms with Gasteiger partial charge in [0.1, 0.15) is 0 Å². The largest absolute Gasteiger partial charge is 0.394 e. The number of hydrogen-bond donors (Lipinski definition) is 1. The third-order valence-corrected chi connectivity index (χ3v) is 4.55. The molecule has 19 heavy (non-hydrogen) atoms. The highest BCUT2D eigenvalue weighted by molar-refractivity contribution is 9.11. The maximum Gasteiger partial charge on any atom is 0.150 e. The van der Waals surface area contributed by atoms with Crippen LogP contribution in [0.4, 0.5) is 11.5 Å². The van der Waals surface area contributed by atoms with Crippen molar-refractivity contribution in [3.05, 3.63) is 26.5 Å². The van der Waals surface area contributed by atoms with Crippen molar-refractivity contribution in [1.29, 1.82) is 0 Å². The molecule has 2 aromatic heterocycles.